The number of rotatable bonds is 5. The molecule has 1 heterocycles. The summed E-state index contributed by atoms with van der Waals surface area (Å²) < 4.78 is 6.07. The molecular weight excluding hydrogens is 248 g/mol. The molecule has 0 aromatic heterocycles. The molecule has 0 amide bonds. The van der Waals surface area contributed by atoms with Crippen LogP contribution >= 0.6 is 0 Å². The summed E-state index contributed by atoms with van der Waals surface area (Å²) in [4.78, 5) is 0. The first-order valence-electron chi connectivity index (χ1n) is 8.04. The predicted octanol–water partition coefficient (Wildman–Crippen LogP) is 4.02. The summed E-state index contributed by atoms with van der Waals surface area (Å²) in [5.41, 5.74) is -0.0875. The summed E-state index contributed by atoms with van der Waals surface area (Å²) in [5.74, 6) is 0.599. The van der Waals surface area contributed by atoms with Gasteiger partial charge in [0.05, 0.1) is 6.10 Å². The standard InChI is InChI=1S/C18H26O2/c1-14(2)11-13-17(19,15-8-4-3-5-9-15)18-12-7-6-10-16(18)20-18/h3-5,8-9,14,16,19H,6-7,10-13H2,1-2H3/t16-,17+,18+/m0/s1. The van der Waals surface area contributed by atoms with Crippen molar-refractivity contribution >= 4 is 0 Å². The van der Waals surface area contributed by atoms with Gasteiger partial charge >= 0.3 is 0 Å². The van der Waals surface area contributed by atoms with Crippen molar-refractivity contribution in [2.75, 3.05) is 0 Å². The smallest absolute Gasteiger partial charge is 0.127 e. The molecule has 20 heavy (non-hydrogen) atoms. The van der Waals surface area contributed by atoms with Gasteiger partial charge in [0.1, 0.15) is 11.2 Å². The van der Waals surface area contributed by atoms with Gasteiger partial charge in [-0.25, -0.2) is 0 Å². The molecule has 1 aliphatic carbocycles. The van der Waals surface area contributed by atoms with Gasteiger partial charge in [0.25, 0.3) is 0 Å². The fraction of sp³-hybridized carbons (Fsp3) is 0.667. The van der Waals surface area contributed by atoms with Crippen molar-refractivity contribution in [3.63, 3.8) is 0 Å². The number of hydrogen-bond acceptors (Lipinski definition) is 2. The second-order valence-corrected chi connectivity index (χ2v) is 6.90. The van der Waals surface area contributed by atoms with Gasteiger partial charge in [0.2, 0.25) is 0 Å². The summed E-state index contributed by atoms with van der Waals surface area (Å²) >= 11 is 0. The van der Waals surface area contributed by atoms with Crippen molar-refractivity contribution in [3.8, 4) is 0 Å². The maximum absolute atomic E-state index is 11.5. The zero-order valence-electron chi connectivity index (χ0n) is 12.6. The normalized spacial score (nSPS) is 31.7. The maximum atomic E-state index is 11.5. The summed E-state index contributed by atoms with van der Waals surface area (Å²) in [7, 11) is 0. The lowest BCUT2D eigenvalue weighted by molar-refractivity contribution is -0.0599. The number of fused-ring (bicyclic) bond motifs is 1. The molecule has 2 aliphatic rings. The first-order chi connectivity index (χ1) is 9.58. The summed E-state index contributed by atoms with van der Waals surface area (Å²) in [6, 6.07) is 10.2. The molecule has 2 nitrogen and oxygen atoms in total. The minimum atomic E-state index is -0.816. The Morgan fingerprint density at radius 1 is 1.30 bits per heavy atom. The van der Waals surface area contributed by atoms with E-state index < -0.39 is 5.60 Å². The molecule has 3 atom stereocenters. The lowest BCUT2D eigenvalue weighted by atomic mass is 9.70. The average Bonchev–Trinajstić information content (AvgIpc) is 3.22. The molecule has 1 saturated heterocycles. The minimum Gasteiger partial charge on any atom is -0.382 e. The predicted molar refractivity (Wildman–Crippen MR) is 80.5 cm³/mol. The van der Waals surface area contributed by atoms with E-state index in [4.69, 9.17) is 4.74 Å². The molecule has 0 bridgehead atoms. The lowest BCUT2D eigenvalue weighted by Gasteiger charge is -2.37. The first kappa shape index (κ1) is 14.1. The minimum absolute atomic E-state index is 0.272. The summed E-state index contributed by atoms with van der Waals surface area (Å²) in [6.45, 7) is 4.43. The Morgan fingerprint density at radius 2 is 2.05 bits per heavy atom. The van der Waals surface area contributed by atoms with Crippen LogP contribution in [0.25, 0.3) is 0 Å². The fourth-order valence-corrected chi connectivity index (χ4v) is 3.83. The van der Waals surface area contributed by atoms with E-state index in [0.717, 1.165) is 31.2 Å². The molecule has 1 aliphatic heterocycles. The average molecular weight is 274 g/mol. The molecule has 2 fully saturated rings. The van der Waals surface area contributed by atoms with Gasteiger partial charge in [0, 0.05) is 0 Å². The van der Waals surface area contributed by atoms with Gasteiger partial charge in [-0.15, -0.1) is 0 Å². The van der Waals surface area contributed by atoms with Crippen LogP contribution in [-0.4, -0.2) is 16.8 Å². The van der Waals surface area contributed by atoms with E-state index in [9.17, 15) is 5.11 Å². The number of hydrogen-bond donors (Lipinski definition) is 1. The highest BCUT2D eigenvalue weighted by molar-refractivity contribution is 5.31. The van der Waals surface area contributed by atoms with Gasteiger partial charge in [-0.3, -0.25) is 0 Å². The van der Waals surface area contributed by atoms with Crippen LogP contribution in [0.2, 0.25) is 0 Å². The SMILES string of the molecule is CC(C)CC[C@@](O)(c1ccccc1)[C@@]12CCCC[C@@H]1O2. The third-order valence-electron chi connectivity index (χ3n) is 5.11. The molecule has 2 heteroatoms. The number of ether oxygens (including phenoxy) is 1. The molecule has 1 aromatic rings. The Morgan fingerprint density at radius 3 is 2.70 bits per heavy atom. The molecule has 0 spiro atoms. The van der Waals surface area contributed by atoms with Crippen LogP contribution in [0.1, 0.15) is 57.9 Å². The Kier molecular flexibility index (Phi) is 3.64. The highest BCUT2D eigenvalue weighted by Crippen LogP contribution is 2.59. The van der Waals surface area contributed by atoms with Crippen LogP contribution in [0, 0.1) is 5.92 Å². The van der Waals surface area contributed by atoms with E-state index >= 15 is 0 Å². The Hall–Kier alpha value is -0.860. The summed E-state index contributed by atoms with van der Waals surface area (Å²) in [5, 5.41) is 11.5. The molecular formula is C18H26O2. The van der Waals surface area contributed by atoms with E-state index in [1.54, 1.807) is 0 Å². The highest BCUT2D eigenvalue weighted by atomic mass is 16.6. The second-order valence-electron chi connectivity index (χ2n) is 6.90. The van der Waals surface area contributed by atoms with Crippen molar-refractivity contribution < 1.29 is 9.84 Å². The molecule has 1 aromatic carbocycles. The zero-order valence-corrected chi connectivity index (χ0v) is 12.6. The Balaban J connectivity index is 1.92. The Labute approximate surface area is 122 Å². The molecule has 1 N–H and O–H groups in total. The molecule has 0 unspecified atom stereocenters. The number of epoxide rings is 1. The zero-order chi connectivity index (χ0) is 14.2. The molecule has 3 rings (SSSR count). The molecule has 110 valence electrons. The maximum Gasteiger partial charge on any atom is 0.127 e. The van der Waals surface area contributed by atoms with Crippen molar-refractivity contribution in [2.45, 2.75) is 69.7 Å². The van der Waals surface area contributed by atoms with Crippen molar-refractivity contribution in [1.29, 1.82) is 0 Å². The fourth-order valence-electron chi connectivity index (χ4n) is 3.83. The van der Waals surface area contributed by atoms with Gasteiger partial charge in [-0.2, -0.15) is 0 Å². The third-order valence-corrected chi connectivity index (χ3v) is 5.11. The van der Waals surface area contributed by atoms with Gasteiger partial charge < -0.3 is 9.84 Å². The first-order valence-corrected chi connectivity index (χ1v) is 8.04. The van der Waals surface area contributed by atoms with Crippen LogP contribution in [0.5, 0.6) is 0 Å². The second kappa shape index (κ2) is 5.16. The van der Waals surface area contributed by atoms with E-state index in [0.29, 0.717) is 5.92 Å². The largest absolute Gasteiger partial charge is 0.382 e. The molecule has 0 radical (unpaired) electrons. The Bertz CT molecular complexity index is 456. The van der Waals surface area contributed by atoms with E-state index in [1.807, 2.05) is 18.2 Å². The number of benzene rings is 1. The highest BCUT2D eigenvalue weighted by Gasteiger charge is 2.68. The van der Waals surface area contributed by atoms with Crippen molar-refractivity contribution in [1.82, 2.24) is 0 Å². The van der Waals surface area contributed by atoms with Gasteiger partial charge in [-0.1, -0.05) is 57.0 Å². The van der Waals surface area contributed by atoms with Crippen LogP contribution in [0.4, 0.5) is 0 Å². The van der Waals surface area contributed by atoms with E-state index in [1.165, 1.54) is 12.8 Å². The van der Waals surface area contributed by atoms with E-state index in [2.05, 4.69) is 26.0 Å². The number of aliphatic hydroxyl groups is 1. The van der Waals surface area contributed by atoms with Crippen molar-refractivity contribution in [3.05, 3.63) is 35.9 Å². The van der Waals surface area contributed by atoms with Crippen molar-refractivity contribution in [2.24, 2.45) is 5.92 Å². The van der Waals surface area contributed by atoms with Crippen LogP contribution < -0.4 is 0 Å². The molecule has 1 saturated carbocycles. The van der Waals surface area contributed by atoms with Crippen LogP contribution in [0.3, 0.4) is 0 Å². The van der Waals surface area contributed by atoms with Gasteiger partial charge in [0.15, 0.2) is 0 Å². The van der Waals surface area contributed by atoms with Crippen LogP contribution in [0.15, 0.2) is 30.3 Å². The topological polar surface area (TPSA) is 32.8 Å². The van der Waals surface area contributed by atoms with Crippen LogP contribution in [-0.2, 0) is 10.3 Å². The monoisotopic (exact) mass is 274 g/mol. The quantitative estimate of drug-likeness (QED) is 0.822. The summed E-state index contributed by atoms with van der Waals surface area (Å²) in [6.07, 6.45) is 6.62. The third kappa shape index (κ3) is 2.19. The van der Waals surface area contributed by atoms with E-state index in [-0.39, 0.29) is 11.7 Å². The van der Waals surface area contributed by atoms with Gasteiger partial charge in [-0.05, 0) is 37.2 Å². The lowest BCUT2D eigenvalue weighted by Crippen LogP contribution is -2.45.